The zero-order chi connectivity index (χ0) is 13.2. The first-order valence-corrected chi connectivity index (χ1v) is 6.64. The highest BCUT2D eigenvalue weighted by molar-refractivity contribution is 5.75. The Bertz CT molecular complexity index is 593. The lowest BCUT2D eigenvalue weighted by atomic mass is 10.0. The van der Waals surface area contributed by atoms with Gasteiger partial charge in [-0.05, 0) is 37.6 Å². The minimum absolute atomic E-state index is 0.366. The summed E-state index contributed by atoms with van der Waals surface area (Å²) in [5.74, 6) is -0.722. The largest absolute Gasteiger partial charge is 0.480 e. The molecule has 1 atom stereocenters. The van der Waals surface area contributed by atoms with Crippen LogP contribution in [0.5, 0.6) is 0 Å². The number of fused-ring (bicyclic) bond motifs is 1. The first kappa shape index (κ1) is 12.2. The SMILES string of the molecule is O=C(O)C1CCCCN1Cc1ccc2cc[nH]c2n1. The van der Waals surface area contributed by atoms with Gasteiger partial charge in [0.15, 0.2) is 0 Å². The van der Waals surface area contributed by atoms with Crippen LogP contribution in [0.3, 0.4) is 0 Å². The van der Waals surface area contributed by atoms with Crippen LogP contribution in [0.15, 0.2) is 24.4 Å². The van der Waals surface area contributed by atoms with Gasteiger partial charge in [0, 0.05) is 18.1 Å². The van der Waals surface area contributed by atoms with E-state index in [1.165, 1.54) is 0 Å². The van der Waals surface area contributed by atoms with Gasteiger partial charge in [0.2, 0.25) is 0 Å². The first-order valence-electron chi connectivity index (χ1n) is 6.64. The third-order valence-corrected chi connectivity index (χ3v) is 3.73. The molecule has 0 bridgehead atoms. The smallest absolute Gasteiger partial charge is 0.320 e. The lowest BCUT2D eigenvalue weighted by Crippen LogP contribution is -2.44. The van der Waals surface area contributed by atoms with E-state index in [2.05, 4.69) is 9.97 Å². The van der Waals surface area contributed by atoms with E-state index in [1.807, 2.05) is 29.3 Å². The first-order chi connectivity index (χ1) is 9.24. The molecule has 3 rings (SSSR count). The fourth-order valence-corrected chi connectivity index (χ4v) is 2.73. The number of carbonyl (C=O) groups is 1. The fourth-order valence-electron chi connectivity index (χ4n) is 2.73. The van der Waals surface area contributed by atoms with E-state index in [4.69, 9.17) is 0 Å². The van der Waals surface area contributed by atoms with Crippen molar-refractivity contribution in [3.8, 4) is 0 Å². The maximum atomic E-state index is 11.3. The maximum absolute atomic E-state index is 11.3. The van der Waals surface area contributed by atoms with Crippen LogP contribution in [0.1, 0.15) is 25.0 Å². The number of pyridine rings is 1. The quantitative estimate of drug-likeness (QED) is 0.884. The number of likely N-dealkylation sites (tertiary alicyclic amines) is 1. The molecule has 2 aromatic heterocycles. The number of aromatic nitrogens is 2. The van der Waals surface area contributed by atoms with Crippen LogP contribution in [-0.2, 0) is 11.3 Å². The zero-order valence-corrected chi connectivity index (χ0v) is 10.7. The van der Waals surface area contributed by atoms with Crippen molar-refractivity contribution in [2.75, 3.05) is 6.54 Å². The van der Waals surface area contributed by atoms with Crippen molar-refractivity contribution in [1.82, 2.24) is 14.9 Å². The van der Waals surface area contributed by atoms with E-state index in [-0.39, 0.29) is 6.04 Å². The van der Waals surface area contributed by atoms with Crippen LogP contribution in [0.2, 0.25) is 0 Å². The molecule has 3 heterocycles. The molecule has 0 aliphatic carbocycles. The number of aliphatic carboxylic acids is 1. The van der Waals surface area contributed by atoms with Gasteiger partial charge in [0.05, 0.1) is 5.69 Å². The highest BCUT2D eigenvalue weighted by Gasteiger charge is 2.28. The fraction of sp³-hybridized carbons (Fsp3) is 0.429. The number of aromatic amines is 1. The molecular weight excluding hydrogens is 242 g/mol. The third kappa shape index (κ3) is 2.46. The van der Waals surface area contributed by atoms with Crippen LogP contribution in [-0.4, -0.2) is 38.5 Å². The Morgan fingerprint density at radius 1 is 1.42 bits per heavy atom. The van der Waals surface area contributed by atoms with Gasteiger partial charge in [-0.15, -0.1) is 0 Å². The maximum Gasteiger partial charge on any atom is 0.320 e. The number of hydrogen-bond donors (Lipinski definition) is 2. The van der Waals surface area contributed by atoms with Crippen LogP contribution < -0.4 is 0 Å². The molecular formula is C14H17N3O2. The molecule has 1 saturated heterocycles. The molecule has 100 valence electrons. The van der Waals surface area contributed by atoms with E-state index in [0.717, 1.165) is 42.5 Å². The Balaban J connectivity index is 1.80. The van der Waals surface area contributed by atoms with Crippen LogP contribution in [0.25, 0.3) is 11.0 Å². The van der Waals surface area contributed by atoms with Gasteiger partial charge in [-0.1, -0.05) is 6.42 Å². The lowest BCUT2D eigenvalue weighted by molar-refractivity contribution is -0.144. The van der Waals surface area contributed by atoms with Gasteiger partial charge >= 0.3 is 5.97 Å². The number of carboxylic acids is 1. The standard InChI is InChI=1S/C14H17N3O2/c18-14(19)12-3-1-2-8-17(12)9-11-5-4-10-6-7-15-13(10)16-11/h4-7,12H,1-3,8-9H2,(H,15,16)(H,18,19). The van der Waals surface area contributed by atoms with Crippen molar-refractivity contribution >= 4 is 17.0 Å². The summed E-state index contributed by atoms with van der Waals surface area (Å²) in [6, 6.07) is 5.61. The lowest BCUT2D eigenvalue weighted by Gasteiger charge is -2.32. The van der Waals surface area contributed by atoms with Crippen molar-refractivity contribution in [2.45, 2.75) is 31.8 Å². The molecule has 0 spiro atoms. The number of hydrogen-bond acceptors (Lipinski definition) is 3. The topological polar surface area (TPSA) is 69.2 Å². The number of piperidine rings is 1. The Kier molecular flexibility index (Phi) is 3.21. The molecule has 0 aromatic carbocycles. The molecule has 1 unspecified atom stereocenters. The van der Waals surface area contributed by atoms with Crippen molar-refractivity contribution < 1.29 is 9.90 Å². The molecule has 19 heavy (non-hydrogen) atoms. The second-order valence-corrected chi connectivity index (χ2v) is 5.04. The summed E-state index contributed by atoms with van der Waals surface area (Å²) in [6.07, 6.45) is 4.66. The average Bonchev–Trinajstić information content (AvgIpc) is 2.86. The number of H-pyrrole nitrogens is 1. The second-order valence-electron chi connectivity index (χ2n) is 5.04. The van der Waals surface area contributed by atoms with Crippen LogP contribution in [0, 0.1) is 0 Å². The van der Waals surface area contributed by atoms with E-state index in [0.29, 0.717) is 6.54 Å². The molecule has 2 N–H and O–H groups in total. The molecule has 0 saturated carbocycles. The van der Waals surface area contributed by atoms with Gasteiger partial charge in [-0.3, -0.25) is 9.69 Å². The summed E-state index contributed by atoms with van der Waals surface area (Å²) in [4.78, 5) is 20.9. The van der Waals surface area contributed by atoms with Crippen molar-refractivity contribution in [3.63, 3.8) is 0 Å². The Morgan fingerprint density at radius 3 is 3.16 bits per heavy atom. The molecule has 5 heteroatoms. The summed E-state index contributed by atoms with van der Waals surface area (Å²) in [6.45, 7) is 1.44. The molecule has 1 aliphatic rings. The van der Waals surface area contributed by atoms with E-state index < -0.39 is 5.97 Å². The van der Waals surface area contributed by atoms with Gasteiger partial charge in [0.25, 0.3) is 0 Å². The van der Waals surface area contributed by atoms with Crippen molar-refractivity contribution in [2.24, 2.45) is 0 Å². The van der Waals surface area contributed by atoms with Crippen molar-refractivity contribution in [1.29, 1.82) is 0 Å². The minimum Gasteiger partial charge on any atom is -0.480 e. The predicted octanol–water partition coefficient (Wildman–Crippen LogP) is 2.00. The highest BCUT2D eigenvalue weighted by Crippen LogP contribution is 2.20. The average molecular weight is 259 g/mol. The summed E-state index contributed by atoms with van der Waals surface area (Å²) < 4.78 is 0. The molecule has 5 nitrogen and oxygen atoms in total. The Hall–Kier alpha value is -1.88. The van der Waals surface area contributed by atoms with Crippen LogP contribution >= 0.6 is 0 Å². The molecule has 2 aromatic rings. The zero-order valence-electron chi connectivity index (χ0n) is 10.7. The number of carboxylic acid groups (broad SMARTS) is 1. The van der Waals surface area contributed by atoms with Gasteiger partial charge in [-0.2, -0.15) is 0 Å². The summed E-state index contributed by atoms with van der Waals surface area (Å²) in [5.41, 5.74) is 1.78. The Labute approximate surface area is 111 Å². The van der Waals surface area contributed by atoms with E-state index >= 15 is 0 Å². The van der Waals surface area contributed by atoms with E-state index in [1.54, 1.807) is 0 Å². The van der Waals surface area contributed by atoms with Gasteiger partial charge in [-0.25, -0.2) is 4.98 Å². The summed E-state index contributed by atoms with van der Waals surface area (Å²) >= 11 is 0. The molecule has 1 fully saturated rings. The second kappa shape index (κ2) is 5.01. The molecule has 0 amide bonds. The number of nitrogens with one attached hydrogen (secondary N) is 1. The summed E-state index contributed by atoms with van der Waals surface area (Å²) in [5, 5.41) is 10.3. The normalized spacial score (nSPS) is 20.7. The number of rotatable bonds is 3. The molecule has 0 radical (unpaired) electrons. The Morgan fingerprint density at radius 2 is 2.32 bits per heavy atom. The monoisotopic (exact) mass is 259 g/mol. The van der Waals surface area contributed by atoms with Gasteiger partial charge < -0.3 is 10.1 Å². The van der Waals surface area contributed by atoms with E-state index in [9.17, 15) is 9.90 Å². The van der Waals surface area contributed by atoms with Crippen molar-refractivity contribution in [3.05, 3.63) is 30.1 Å². The summed E-state index contributed by atoms with van der Waals surface area (Å²) in [7, 11) is 0. The predicted molar refractivity (Wildman–Crippen MR) is 71.8 cm³/mol. The molecule has 1 aliphatic heterocycles. The third-order valence-electron chi connectivity index (χ3n) is 3.73. The van der Waals surface area contributed by atoms with Gasteiger partial charge in [0.1, 0.15) is 11.7 Å². The highest BCUT2D eigenvalue weighted by atomic mass is 16.4. The number of nitrogens with zero attached hydrogens (tertiary/aromatic N) is 2. The van der Waals surface area contributed by atoms with Crippen LogP contribution in [0.4, 0.5) is 0 Å². The minimum atomic E-state index is -0.722.